The third-order valence-corrected chi connectivity index (χ3v) is 33.8. The summed E-state index contributed by atoms with van der Waals surface area (Å²) in [5.74, 6) is 0. The van der Waals surface area contributed by atoms with Gasteiger partial charge in [0, 0.05) is 44.9 Å². The fourth-order valence-corrected chi connectivity index (χ4v) is 27.9. The van der Waals surface area contributed by atoms with Crippen LogP contribution in [0.4, 0.5) is 34.1 Å². The molecule has 0 aliphatic carbocycles. The van der Waals surface area contributed by atoms with Crippen molar-refractivity contribution in [1.82, 2.24) is 4.57 Å². The molecule has 0 radical (unpaired) electrons. The van der Waals surface area contributed by atoms with Gasteiger partial charge in [0.2, 0.25) is 0 Å². The summed E-state index contributed by atoms with van der Waals surface area (Å²) in [6.07, 6.45) is 0. The molecule has 3 nitrogen and oxygen atoms in total. The number of rotatable bonds is 13. The van der Waals surface area contributed by atoms with Gasteiger partial charge in [0.05, 0.1) is 16.7 Å². The lowest BCUT2D eigenvalue weighted by atomic mass is 9.33. The third kappa shape index (κ3) is 12.2. The van der Waals surface area contributed by atoms with Crippen molar-refractivity contribution in [2.45, 2.75) is 105 Å². The minimum Gasteiger partial charge on any atom is -0.311 e. The first-order valence-corrected chi connectivity index (χ1v) is 44.0. The van der Waals surface area contributed by atoms with Gasteiger partial charge in [-0.3, -0.25) is 0 Å². The van der Waals surface area contributed by atoms with Gasteiger partial charge in [0.15, 0.2) is 16.1 Å². The van der Waals surface area contributed by atoms with Gasteiger partial charge >= 0.3 is 0 Å². The van der Waals surface area contributed by atoms with Crippen molar-refractivity contribution in [2.75, 3.05) is 9.80 Å². The van der Waals surface area contributed by atoms with Crippen molar-refractivity contribution in [1.29, 1.82) is 0 Å². The van der Waals surface area contributed by atoms with Crippen molar-refractivity contribution < 1.29 is 0 Å². The largest absolute Gasteiger partial charge is 0.311 e. The predicted molar refractivity (Wildman–Crippen MR) is 488 cm³/mol. The van der Waals surface area contributed by atoms with Crippen molar-refractivity contribution in [3.8, 4) is 27.9 Å². The highest BCUT2D eigenvalue weighted by atomic mass is 28.3. The zero-order chi connectivity index (χ0) is 77.1. The smallest absolute Gasteiger partial charge is 0.252 e. The molecule has 0 bridgehead atoms. The molecule has 0 spiro atoms. The third-order valence-electron chi connectivity index (χ3n) is 24.2. The molecule has 0 amide bonds. The summed E-state index contributed by atoms with van der Waals surface area (Å²) in [7, 11) is -6.35. The number of hydrogen-bond donors (Lipinski definition) is 0. The van der Waals surface area contributed by atoms with Crippen LogP contribution < -0.4 is 67.7 Å². The van der Waals surface area contributed by atoms with Gasteiger partial charge in [-0.05, 0) is 185 Å². The van der Waals surface area contributed by atoms with Crippen LogP contribution in [0.15, 0.2) is 364 Å². The number of benzene rings is 15. The average Bonchev–Trinajstić information content (AvgIpc) is 0.819. The summed E-state index contributed by atoms with van der Waals surface area (Å²) < 4.78 is 2.56. The Hall–Kier alpha value is -11.8. The molecule has 16 aromatic rings. The summed E-state index contributed by atoms with van der Waals surface area (Å²) in [5, 5.41) is 13.0. The molecule has 15 aromatic carbocycles. The van der Waals surface area contributed by atoms with Gasteiger partial charge in [0.1, 0.15) is 0 Å². The quantitative estimate of drug-likeness (QED) is 0.0842. The first-order valence-electron chi connectivity index (χ1n) is 40.0. The Morgan fingerprint density at radius 1 is 0.223 bits per heavy atom. The molecule has 0 N–H and O–H groups in total. The van der Waals surface area contributed by atoms with E-state index in [2.05, 4.69) is 461 Å². The van der Waals surface area contributed by atoms with Gasteiger partial charge < -0.3 is 14.4 Å². The highest BCUT2D eigenvalue weighted by molar-refractivity contribution is 7.20. The van der Waals surface area contributed by atoms with Gasteiger partial charge in [0.25, 0.3) is 6.71 Å². The van der Waals surface area contributed by atoms with Crippen molar-refractivity contribution in [3.63, 3.8) is 0 Å². The van der Waals surface area contributed by atoms with Crippen molar-refractivity contribution in [3.05, 3.63) is 386 Å². The first kappa shape index (κ1) is 71.8. The molecule has 0 fully saturated rings. The molecule has 0 atom stereocenters. The maximum Gasteiger partial charge on any atom is 0.252 e. The van der Waals surface area contributed by atoms with E-state index in [0.717, 1.165) is 50.8 Å². The van der Waals surface area contributed by atoms with E-state index in [9.17, 15) is 0 Å². The number of hydrogen-bond acceptors (Lipinski definition) is 2. The molecule has 2 aliphatic rings. The van der Waals surface area contributed by atoms with Gasteiger partial charge in [-0.15, -0.1) is 0 Å². The molecule has 6 heteroatoms. The standard InChI is InChI=1S/C106H96BN3Si2/c1-103(2,3)77-62-75(63-78(67-77)104(4,5)6)73-54-56-81(57-55-73)108-98-71-90(111(84-38-19-13-20-39-84,85-40-21-14-22-41-85)86-42-23-15-24-43-86)58-60-94(98)107-95-61-59-91(112(87-44-25-16-26-45-87,88-46-27-17-28-47-88)89-48-29-18-30-49-89)72-99(95)109(82-37-35-36-74(66-82)76-64-79(105(7,8)9)68-80(65-76)106(10,11)12)101-70-83(69-100(108)102(101)107)110-96-52-33-31-50-92(96)93-51-32-34-53-97(93)110/h13-72H,1-12H3. The predicted octanol–water partition coefficient (Wildman–Crippen LogP) is 20.1. The summed E-state index contributed by atoms with van der Waals surface area (Å²) in [5.41, 5.74) is 23.8. The zero-order valence-corrected chi connectivity index (χ0v) is 68.6. The Balaban J connectivity index is 0.996. The number of aromatic nitrogens is 1. The Labute approximate surface area is 665 Å². The minimum atomic E-state index is -3.18. The first-order chi connectivity index (χ1) is 54.1. The van der Waals surface area contributed by atoms with Crippen LogP contribution in [0.3, 0.4) is 0 Å². The summed E-state index contributed by atoms with van der Waals surface area (Å²) in [6, 6.07) is 141. The second-order valence-electron chi connectivity index (χ2n) is 35.3. The van der Waals surface area contributed by atoms with Crippen LogP contribution in [0.1, 0.15) is 105 Å². The van der Waals surface area contributed by atoms with Gasteiger partial charge in [-0.1, -0.05) is 386 Å². The number of anilines is 6. The molecular formula is C106H96BN3Si2. The van der Waals surface area contributed by atoms with E-state index in [-0.39, 0.29) is 28.4 Å². The second kappa shape index (κ2) is 27.6. The Morgan fingerprint density at radius 3 is 0.911 bits per heavy atom. The molecule has 112 heavy (non-hydrogen) atoms. The van der Waals surface area contributed by atoms with Crippen LogP contribution in [0.25, 0.3) is 49.7 Å². The maximum absolute atomic E-state index is 3.18. The van der Waals surface area contributed by atoms with E-state index < -0.39 is 16.1 Å². The van der Waals surface area contributed by atoms with Crippen molar-refractivity contribution in [2.24, 2.45) is 0 Å². The molecule has 0 saturated heterocycles. The minimum absolute atomic E-state index is 0.0563. The number of para-hydroxylation sites is 2. The number of fused-ring (bicyclic) bond motifs is 7. The SMILES string of the molecule is CC(C)(C)c1cc(-c2ccc(N3c4cc([Si](c5ccccc5)(c5ccccc5)c5ccccc5)ccc4B4c5ccc([Si](c6ccccc6)(c6ccccc6)c6ccccc6)cc5N(c5cccc(-c6cc(C(C)(C)C)cc(C(C)(C)C)c6)c5)c5cc(-n6c7ccccc7c7ccccc76)cc3c54)cc2)cc(C(C)(C)C)c1. The fraction of sp³-hybridized carbons (Fsp3) is 0.151. The highest BCUT2D eigenvalue weighted by Crippen LogP contribution is 2.48. The lowest BCUT2D eigenvalue weighted by molar-refractivity contribution is 0.568. The topological polar surface area (TPSA) is 11.4 Å². The Bertz CT molecular complexity index is 5910. The van der Waals surface area contributed by atoms with E-state index in [1.807, 2.05) is 0 Å². The summed E-state index contributed by atoms with van der Waals surface area (Å²) in [6.45, 7) is 27.9. The second-order valence-corrected chi connectivity index (χ2v) is 42.9. The van der Waals surface area contributed by atoms with Crippen LogP contribution in [0.2, 0.25) is 0 Å². The number of nitrogens with zero attached hydrogens (tertiary/aromatic N) is 3. The van der Waals surface area contributed by atoms with E-state index in [1.165, 1.54) is 113 Å². The normalized spacial score (nSPS) is 13.1. The molecule has 1 aromatic heterocycles. The average molecular weight is 1480 g/mol. The van der Waals surface area contributed by atoms with Crippen LogP contribution in [0.5, 0.6) is 0 Å². The summed E-state index contributed by atoms with van der Waals surface area (Å²) >= 11 is 0. The van der Waals surface area contributed by atoms with E-state index >= 15 is 0 Å². The van der Waals surface area contributed by atoms with E-state index in [0.29, 0.717) is 0 Å². The monoisotopic (exact) mass is 1480 g/mol. The maximum atomic E-state index is 2.70. The van der Waals surface area contributed by atoms with Crippen LogP contribution in [0, 0.1) is 0 Å². The zero-order valence-electron chi connectivity index (χ0n) is 66.6. The lowest BCUT2D eigenvalue weighted by Crippen LogP contribution is -2.75. The fourth-order valence-electron chi connectivity index (χ4n) is 18.4. The van der Waals surface area contributed by atoms with E-state index in [4.69, 9.17) is 0 Å². The van der Waals surface area contributed by atoms with Gasteiger partial charge in [-0.2, -0.15) is 0 Å². The molecule has 3 heterocycles. The van der Waals surface area contributed by atoms with Crippen molar-refractivity contribution >= 4 is 137 Å². The molecule has 546 valence electrons. The molecule has 18 rings (SSSR count). The van der Waals surface area contributed by atoms with Crippen LogP contribution in [-0.2, 0) is 21.7 Å². The van der Waals surface area contributed by atoms with Gasteiger partial charge in [-0.25, -0.2) is 0 Å². The molecule has 0 saturated carbocycles. The Kier molecular flexibility index (Phi) is 17.7. The highest BCUT2D eigenvalue weighted by Gasteiger charge is 2.49. The molecule has 2 aliphatic heterocycles. The Morgan fingerprint density at radius 2 is 0.554 bits per heavy atom. The molecule has 0 unspecified atom stereocenters. The molecular weight excluding hydrogens is 1380 g/mol. The van der Waals surface area contributed by atoms with Crippen LogP contribution in [-0.4, -0.2) is 27.4 Å². The van der Waals surface area contributed by atoms with E-state index in [1.54, 1.807) is 0 Å². The van der Waals surface area contributed by atoms with Crippen LogP contribution >= 0.6 is 0 Å². The lowest BCUT2D eigenvalue weighted by Gasteiger charge is -2.46. The summed E-state index contributed by atoms with van der Waals surface area (Å²) in [4.78, 5) is 5.38.